The Morgan fingerprint density at radius 3 is 2.80 bits per heavy atom. The molecule has 0 aliphatic heterocycles. The summed E-state index contributed by atoms with van der Waals surface area (Å²) in [4.78, 5) is 0. The Hall–Kier alpha value is -0.520. The van der Waals surface area contributed by atoms with Crippen LogP contribution >= 0.6 is 0 Å². The predicted molar refractivity (Wildman–Crippen MR) is 46.0 cm³/mol. The summed E-state index contributed by atoms with van der Waals surface area (Å²) in [6.07, 6.45) is 13.3. The van der Waals surface area contributed by atoms with Gasteiger partial charge in [0.15, 0.2) is 0 Å². The Labute approximate surface area is 63.6 Å². The zero-order valence-corrected chi connectivity index (χ0v) is 6.77. The Morgan fingerprint density at radius 2 is 2.00 bits per heavy atom. The molecule has 0 atom stereocenters. The minimum atomic E-state index is 1.24. The monoisotopic (exact) mass is 136 g/mol. The van der Waals surface area contributed by atoms with Crippen molar-refractivity contribution >= 4 is 0 Å². The molecule has 1 rings (SSSR count). The lowest BCUT2D eigenvalue weighted by atomic mass is 10.0. The van der Waals surface area contributed by atoms with Crippen LogP contribution in [0.25, 0.3) is 0 Å². The van der Waals surface area contributed by atoms with Crippen LogP contribution in [0.2, 0.25) is 0 Å². The van der Waals surface area contributed by atoms with E-state index in [-0.39, 0.29) is 0 Å². The molecule has 0 spiro atoms. The molecule has 0 aromatic heterocycles. The van der Waals surface area contributed by atoms with Crippen LogP contribution in [0.15, 0.2) is 23.8 Å². The van der Waals surface area contributed by atoms with Gasteiger partial charge in [-0.1, -0.05) is 30.7 Å². The summed E-state index contributed by atoms with van der Waals surface area (Å²) in [6, 6.07) is 0. The lowest BCUT2D eigenvalue weighted by Gasteiger charge is -2.04. The van der Waals surface area contributed by atoms with Crippen molar-refractivity contribution in [2.45, 2.75) is 39.0 Å². The van der Waals surface area contributed by atoms with Crippen LogP contribution in [0, 0.1) is 0 Å². The van der Waals surface area contributed by atoms with E-state index in [0.717, 1.165) is 0 Å². The van der Waals surface area contributed by atoms with Crippen molar-refractivity contribution in [1.82, 2.24) is 0 Å². The third-order valence-electron chi connectivity index (χ3n) is 2.02. The molecule has 0 heterocycles. The Morgan fingerprint density at radius 1 is 1.20 bits per heavy atom. The van der Waals surface area contributed by atoms with Crippen LogP contribution in [0.1, 0.15) is 39.0 Å². The molecule has 0 N–H and O–H groups in total. The molecule has 0 unspecified atom stereocenters. The van der Waals surface area contributed by atoms with Crippen LogP contribution in [0.4, 0.5) is 0 Å². The molecule has 0 aromatic carbocycles. The van der Waals surface area contributed by atoms with Crippen LogP contribution < -0.4 is 0 Å². The molecule has 0 saturated carbocycles. The maximum atomic E-state index is 2.41. The third kappa shape index (κ3) is 2.38. The molecule has 10 heavy (non-hydrogen) atoms. The molecule has 0 fully saturated rings. The lowest BCUT2D eigenvalue weighted by Crippen LogP contribution is -1.83. The molecular formula is C10H16. The highest BCUT2D eigenvalue weighted by atomic mass is 14.0. The van der Waals surface area contributed by atoms with Crippen molar-refractivity contribution in [1.29, 1.82) is 0 Å². The van der Waals surface area contributed by atoms with E-state index >= 15 is 0 Å². The molecule has 0 heteroatoms. The minimum Gasteiger partial charge on any atom is -0.0882 e. The second-order valence-corrected chi connectivity index (χ2v) is 2.80. The first-order valence-electron chi connectivity index (χ1n) is 4.26. The molecule has 0 radical (unpaired) electrons. The second-order valence-electron chi connectivity index (χ2n) is 2.80. The van der Waals surface area contributed by atoms with Gasteiger partial charge in [-0.2, -0.15) is 0 Å². The minimum absolute atomic E-state index is 1.24. The zero-order valence-electron chi connectivity index (χ0n) is 6.77. The van der Waals surface area contributed by atoms with Crippen molar-refractivity contribution in [2.24, 2.45) is 0 Å². The summed E-state index contributed by atoms with van der Waals surface area (Å²) in [6.45, 7) is 2.25. The average Bonchev–Trinajstić information content (AvgIpc) is 1.87. The summed E-state index contributed by atoms with van der Waals surface area (Å²) >= 11 is 0. The van der Waals surface area contributed by atoms with E-state index in [2.05, 4.69) is 25.2 Å². The van der Waals surface area contributed by atoms with Crippen molar-refractivity contribution in [2.75, 3.05) is 0 Å². The smallest absolute Gasteiger partial charge is 0.0286 e. The van der Waals surface area contributed by atoms with Crippen molar-refractivity contribution in [3.63, 3.8) is 0 Å². The quantitative estimate of drug-likeness (QED) is 0.484. The highest BCUT2D eigenvalue weighted by Crippen LogP contribution is 2.14. The Bertz CT molecular complexity index is 140. The van der Waals surface area contributed by atoms with Gasteiger partial charge in [0.25, 0.3) is 0 Å². The second kappa shape index (κ2) is 4.32. The molecule has 56 valence electrons. The topological polar surface area (TPSA) is 0 Å². The van der Waals surface area contributed by atoms with E-state index in [4.69, 9.17) is 0 Å². The summed E-state index contributed by atoms with van der Waals surface area (Å²) in [5.74, 6) is 0. The average molecular weight is 136 g/mol. The van der Waals surface area contributed by atoms with Gasteiger partial charge in [-0.05, 0) is 32.1 Å². The van der Waals surface area contributed by atoms with Crippen LogP contribution in [0.3, 0.4) is 0 Å². The Kier molecular flexibility index (Phi) is 3.28. The molecule has 0 nitrogen and oxygen atoms in total. The summed E-state index contributed by atoms with van der Waals surface area (Å²) in [5, 5.41) is 0. The van der Waals surface area contributed by atoms with Gasteiger partial charge in [0, 0.05) is 0 Å². The summed E-state index contributed by atoms with van der Waals surface area (Å²) < 4.78 is 0. The van der Waals surface area contributed by atoms with E-state index in [1.165, 1.54) is 32.1 Å². The van der Waals surface area contributed by atoms with E-state index in [0.29, 0.717) is 0 Å². The van der Waals surface area contributed by atoms with Gasteiger partial charge in [0.2, 0.25) is 0 Å². The normalized spacial score (nSPS) is 19.5. The molecular weight excluding hydrogens is 120 g/mol. The zero-order chi connectivity index (χ0) is 7.23. The first kappa shape index (κ1) is 7.59. The number of hydrogen-bond acceptors (Lipinski definition) is 0. The van der Waals surface area contributed by atoms with Crippen LogP contribution in [-0.4, -0.2) is 0 Å². The van der Waals surface area contributed by atoms with Crippen molar-refractivity contribution in [3.8, 4) is 0 Å². The van der Waals surface area contributed by atoms with Gasteiger partial charge < -0.3 is 0 Å². The maximum absolute atomic E-state index is 2.41. The molecule has 0 saturated heterocycles. The van der Waals surface area contributed by atoms with Gasteiger partial charge >= 0.3 is 0 Å². The number of allylic oxidation sites excluding steroid dienone is 4. The molecule has 1 aliphatic rings. The van der Waals surface area contributed by atoms with E-state index in [1.807, 2.05) is 0 Å². The van der Waals surface area contributed by atoms with Crippen molar-refractivity contribution in [3.05, 3.63) is 23.8 Å². The molecule has 0 bridgehead atoms. The van der Waals surface area contributed by atoms with Gasteiger partial charge in [0.05, 0.1) is 0 Å². The van der Waals surface area contributed by atoms with Gasteiger partial charge in [-0.3, -0.25) is 0 Å². The van der Waals surface area contributed by atoms with E-state index < -0.39 is 0 Å². The molecule has 1 aliphatic carbocycles. The molecule has 0 aromatic rings. The lowest BCUT2D eigenvalue weighted by molar-refractivity contribution is 0.863. The predicted octanol–water partition coefficient (Wildman–Crippen LogP) is 3.45. The third-order valence-corrected chi connectivity index (χ3v) is 2.02. The van der Waals surface area contributed by atoms with Gasteiger partial charge in [-0.25, -0.2) is 0 Å². The Balaban J connectivity index is 2.41. The fourth-order valence-corrected chi connectivity index (χ4v) is 1.31. The SMILES string of the molecule is CCC1=CCCC=CCC1. The fraction of sp³-hybridized carbons (Fsp3) is 0.600. The standard InChI is InChI=1S/C10H16/c1-2-10-8-6-4-3-5-7-9-10/h3-4,9H,2,5-8H2,1H3. The fourth-order valence-electron chi connectivity index (χ4n) is 1.31. The number of rotatable bonds is 1. The van der Waals surface area contributed by atoms with E-state index in [9.17, 15) is 0 Å². The van der Waals surface area contributed by atoms with E-state index in [1.54, 1.807) is 5.57 Å². The van der Waals surface area contributed by atoms with Crippen molar-refractivity contribution < 1.29 is 0 Å². The van der Waals surface area contributed by atoms with Crippen LogP contribution in [0.5, 0.6) is 0 Å². The molecule has 0 amide bonds. The summed E-state index contributed by atoms with van der Waals surface area (Å²) in [7, 11) is 0. The largest absolute Gasteiger partial charge is 0.0882 e. The number of hydrogen-bond donors (Lipinski definition) is 0. The highest BCUT2D eigenvalue weighted by molar-refractivity contribution is 5.05. The summed E-state index contributed by atoms with van der Waals surface area (Å²) in [5.41, 5.74) is 1.64. The van der Waals surface area contributed by atoms with Gasteiger partial charge in [-0.15, -0.1) is 0 Å². The highest BCUT2D eigenvalue weighted by Gasteiger charge is 1.94. The van der Waals surface area contributed by atoms with Crippen LogP contribution in [-0.2, 0) is 0 Å². The first-order valence-corrected chi connectivity index (χ1v) is 4.26. The van der Waals surface area contributed by atoms with Gasteiger partial charge in [0.1, 0.15) is 0 Å². The maximum Gasteiger partial charge on any atom is -0.0286 e. The first-order chi connectivity index (χ1) is 4.93.